The van der Waals surface area contributed by atoms with E-state index in [1.54, 1.807) is 18.2 Å². The number of rotatable bonds is 2. The summed E-state index contributed by atoms with van der Waals surface area (Å²) in [6.07, 6.45) is 0. The summed E-state index contributed by atoms with van der Waals surface area (Å²) in [6.45, 7) is 3.87. The predicted octanol–water partition coefficient (Wildman–Crippen LogP) is 0.648. The van der Waals surface area contributed by atoms with Gasteiger partial charge in [0, 0.05) is 24.7 Å². The lowest BCUT2D eigenvalue weighted by Gasteiger charge is -2.09. The summed E-state index contributed by atoms with van der Waals surface area (Å²) >= 11 is 0. The molecule has 0 bridgehead atoms. The first-order valence-corrected chi connectivity index (χ1v) is 5.98. The fraction of sp³-hybridized carbons (Fsp3) is 0.462. The molecule has 0 radical (unpaired) electrons. The van der Waals surface area contributed by atoms with Crippen LogP contribution in [0.25, 0.3) is 0 Å². The van der Waals surface area contributed by atoms with Crippen molar-refractivity contribution in [2.24, 2.45) is 11.8 Å². The molecule has 1 saturated heterocycles. The van der Waals surface area contributed by atoms with Gasteiger partial charge in [-0.25, -0.2) is 0 Å². The van der Waals surface area contributed by atoms with Crippen LogP contribution in [0.5, 0.6) is 5.75 Å². The van der Waals surface area contributed by atoms with Crippen molar-refractivity contribution in [1.29, 1.82) is 0 Å². The highest BCUT2D eigenvalue weighted by molar-refractivity contribution is 5.96. The fourth-order valence-corrected chi connectivity index (χ4v) is 2.76. The normalized spacial score (nSPS) is 29.8. The molecule has 1 saturated carbocycles. The molecule has 4 nitrogen and oxygen atoms in total. The maximum atomic E-state index is 12.0. The fourth-order valence-electron chi connectivity index (χ4n) is 2.76. The molecule has 2 fully saturated rings. The lowest BCUT2D eigenvalue weighted by atomic mass is 10.1. The molecule has 1 aromatic rings. The molecular formula is C13H16N2O2. The van der Waals surface area contributed by atoms with E-state index in [1.165, 1.54) is 0 Å². The van der Waals surface area contributed by atoms with Crippen LogP contribution in [0.1, 0.15) is 15.9 Å². The van der Waals surface area contributed by atoms with Crippen LogP contribution in [0.2, 0.25) is 0 Å². The van der Waals surface area contributed by atoms with E-state index in [-0.39, 0.29) is 11.7 Å². The Morgan fingerprint density at radius 2 is 2.12 bits per heavy atom. The number of amides is 1. The van der Waals surface area contributed by atoms with E-state index in [2.05, 4.69) is 10.6 Å². The van der Waals surface area contributed by atoms with Gasteiger partial charge in [-0.2, -0.15) is 0 Å². The number of aromatic hydroxyl groups is 1. The van der Waals surface area contributed by atoms with Crippen molar-refractivity contribution in [3.63, 3.8) is 0 Å². The van der Waals surface area contributed by atoms with Gasteiger partial charge in [0.05, 0.1) is 0 Å². The van der Waals surface area contributed by atoms with Gasteiger partial charge in [0.1, 0.15) is 5.75 Å². The van der Waals surface area contributed by atoms with E-state index < -0.39 is 0 Å². The first-order chi connectivity index (χ1) is 8.16. The second kappa shape index (κ2) is 3.74. The summed E-state index contributed by atoms with van der Waals surface area (Å²) in [6, 6.07) is 5.19. The molecule has 90 valence electrons. The molecule has 1 amide bonds. The second-order valence-electron chi connectivity index (χ2n) is 4.98. The topological polar surface area (TPSA) is 61.4 Å². The van der Waals surface area contributed by atoms with Gasteiger partial charge in [-0.05, 0) is 42.5 Å². The number of carbonyl (C=O) groups is 1. The van der Waals surface area contributed by atoms with Crippen LogP contribution >= 0.6 is 0 Å². The Kier molecular flexibility index (Phi) is 2.33. The number of fused-ring (bicyclic) bond motifs is 1. The number of phenols is 1. The SMILES string of the molecule is Cc1cc(O)ccc1C(=O)NC1C2CNCC21. The van der Waals surface area contributed by atoms with E-state index in [1.807, 2.05) is 6.92 Å². The van der Waals surface area contributed by atoms with Gasteiger partial charge in [-0.3, -0.25) is 4.79 Å². The quantitative estimate of drug-likeness (QED) is 0.701. The predicted molar refractivity (Wildman–Crippen MR) is 63.9 cm³/mol. The summed E-state index contributed by atoms with van der Waals surface area (Å²) in [5.74, 6) is 1.42. The lowest BCUT2D eigenvalue weighted by molar-refractivity contribution is 0.0946. The lowest BCUT2D eigenvalue weighted by Crippen LogP contribution is -2.32. The molecule has 1 aliphatic carbocycles. The largest absolute Gasteiger partial charge is 0.508 e. The number of piperidine rings is 1. The first kappa shape index (κ1) is 10.6. The third-order valence-corrected chi connectivity index (χ3v) is 3.84. The Morgan fingerprint density at radius 1 is 1.41 bits per heavy atom. The van der Waals surface area contributed by atoms with Gasteiger partial charge in [0.2, 0.25) is 0 Å². The monoisotopic (exact) mass is 232 g/mol. The zero-order valence-electron chi connectivity index (χ0n) is 9.73. The molecule has 1 aliphatic heterocycles. The molecular weight excluding hydrogens is 216 g/mol. The summed E-state index contributed by atoms with van der Waals surface area (Å²) in [4.78, 5) is 12.0. The Hall–Kier alpha value is -1.55. The Labute approximate surface area is 100 Å². The maximum absolute atomic E-state index is 12.0. The highest BCUT2D eigenvalue weighted by Crippen LogP contribution is 2.41. The van der Waals surface area contributed by atoms with Crippen LogP contribution in [0, 0.1) is 18.8 Å². The standard InChI is InChI=1S/C13H16N2O2/c1-7-4-8(16)2-3-9(7)13(17)15-12-10-5-14-6-11(10)12/h2-4,10-12,14,16H,5-6H2,1H3,(H,15,17). The van der Waals surface area contributed by atoms with Crippen molar-refractivity contribution in [1.82, 2.24) is 10.6 Å². The number of benzene rings is 1. The molecule has 0 aromatic heterocycles. The van der Waals surface area contributed by atoms with E-state index in [9.17, 15) is 9.90 Å². The van der Waals surface area contributed by atoms with Crippen molar-refractivity contribution in [2.45, 2.75) is 13.0 Å². The van der Waals surface area contributed by atoms with Crippen molar-refractivity contribution >= 4 is 5.91 Å². The van der Waals surface area contributed by atoms with Gasteiger partial charge in [0.15, 0.2) is 0 Å². The summed E-state index contributed by atoms with van der Waals surface area (Å²) in [5, 5.41) is 15.7. The van der Waals surface area contributed by atoms with Gasteiger partial charge >= 0.3 is 0 Å². The number of phenolic OH excluding ortho intramolecular Hbond substituents is 1. The molecule has 17 heavy (non-hydrogen) atoms. The highest BCUT2D eigenvalue weighted by atomic mass is 16.3. The Morgan fingerprint density at radius 3 is 2.76 bits per heavy atom. The smallest absolute Gasteiger partial charge is 0.251 e. The molecule has 2 atom stereocenters. The van der Waals surface area contributed by atoms with Crippen LogP contribution in [0.4, 0.5) is 0 Å². The Bertz CT molecular complexity index is 462. The molecule has 4 heteroatoms. The number of aryl methyl sites for hydroxylation is 1. The Balaban J connectivity index is 1.70. The minimum Gasteiger partial charge on any atom is -0.508 e. The maximum Gasteiger partial charge on any atom is 0.251 e. The molecule has 0 spiro atoms. The molecule has 2 aliphatic rings. The van der Waals surface area contributed by atoms with Crippen molar-refractivity contribution in [3.8, 4) is 5.75 Å². The van der Waals surface area contributed by atoms with Crippen molar-refractivity contribution in [3.05, 3.63) is 29.3 Å². The number of hydrogen-bond donors (Lipinski definition) is 3. The van der Waals surface area contributed by atoms with E-state index in [0.717, 1.165) is 18.7 Å². The number of hydrogen-bond acceptors (Lipinski definition) is 3. The minimum atomic E-state index is -0.0260. The van der Waals surface area contributed by atoms with Crippen LogP contribution in [0.15, 0.2) is 18.2 Å². The first-order valence-electron chi connectivity index (χ1n) is 5.98. The molecule has 3 N–H and O–H groups in total. The number of nitrogens with one attached hydrogen (secondary N) is 2. The minimum absolute atomic E-state index is 0.0260. The van der Waals surface area contributed by atoms with Crippen LogP contribution in [-0.2, 0) is 0 Å². The zero-order valence-corrected chi connectivity index (χ0v) is 9.73. The van der Waals surface area contributed by atoms with E-state index >= 15 is 0 Å². The third-order valence-electron chi connectivity index (χ3n) is 3.84. The molecule has 1 heterocycles. The second-order valence-corrected chi connectivity index (χ2v) is 4.98. The van der Waals surface area contributed by atoms with Gasteiger partial charge in [-0.1, -0.05) is 0 Å². The summed E-state index contributed by atoms with van der Waals surface area (Å²) < 4.78 is 0. The molecule has 1 aromatic carbocycles. The van der Waals surface area contributed by atoms with Crippen molar-refractivity contribution in [2.75, 3.05) is 13.1 Å². The summed E-state index contributed by atoms with van der Waals surface area (Å²) in [5.41, 5.74) is 1.46. The van der Waals surface area contributed by atoms with Gasteiger partial charge < -0.3 is 15.7 Å². The van der Waals surface area contributed by atoms with E-state index in [4.69, 9.17) is 0 Å². The number of carbonyl (C=O) groups excluding carboxylic acids is 1. The average Bonchev–Trinajstić information content (AvgIpc) is 2.74. The molecule has 2 unspecified atom stereocenters. The average molecular weight is 232 g/mol. The van der Waals surface area contributed by atoms with Crippen LogP contribution < -0.4 is 10.6 Å². The third kappa shape index (κ3) is 1.78. The van der Waals surface area contributed by atoms with Crippen molar-refractivity contribution < 1.29 is 9.90 Å². The van der Waals surface area contributed by atoms with Crippen LogP contribution in [-0.4, -0.2) is 30.1 Å². The van der Waals surface area contributed by atoms with Gasteiger partial charge in [0.25, 0.3) is 5.91 Å². The summed E-state index contributed by atoms with van der Waals surface area (Å²) in [7, 11) is 0. The zero-order chi connectivity index (χ0) is 12.0. The highest BCUT2D eigenvalue weighted by Gasteiger charge is 2.53. The van der Waals surface area contributed by atoms with Crippen LogP contribution in [0.3, 0.4) is 0 Å². The van der Waals surface area contributed by atoms with Gasteiger partial charge in [-0.15, -0.1) is 0 Å². The van der Waals surface area contributed by atoms with E-state index in [0.29, 0.717) is 23.4 Å². The molecule has 3 rings (SSSR count).